The average molecular weight is 402 g/mol. The minimum atomic E-state index is -0.183. The van der Waals surface area contributed by atoms with Gasteiger partial charge in [0.25, 0.3) is 0 Å². The van der Waals surface area contributed by atoms with Crippen LogP contribution in [-0.2, 0) is 11.3 Å². The van der Waals surface area contributed by atoms with Crippen molar-refractivity contribution < 1.29 is 9.59 Å². The molecule has 1 N–H and O–H groups in total. The molecule has 0 aliphatic carbocycles. The van der Waals surface area contributed by atoms with E-state index >= 15 is 0 Å². The summed E-state index contributed by atoms with van der Waals surface area (Å²) in [5.74, 6) is 0.780. The van der Waals surface area contributed by atoms with Crippen molar-refractivity contribution in [3.8, 4) is 0 Å². The van der Waals surface area contributed by atoms with Crippen LogP contribution in [0.15, 0.2) is 30.6 Å². The van der Waals surface area contributed by atoms with Gasteiger partial charge in [-0.1, -0.05) is 17.7 Å². The lowest BCUT2D eigenvalue weighted by Crippen LogP contribution is -2.36. The molecule has 2 unspecified atom stereocenters. The first-order chi connectivity index (χ1) is 13.4. The SMILES string of the molecule is CC(=O)Nc1cnn(C(=O)N2CC3CN(Cc4cc(C)cc(Cl)c4)CC3C2)c1. The summed E-state index contributed by atoms with van der Waals surface area (Å²) in [7, 11) is 0. The van der Waals surface area contributed by atoms with Gasteiger partial charge in [0.2, 0.25) is 5.91 Å². The lowest BCUT2D eigenvalue weighted by Gasteiger charge is -2.21. The molecule has 7 nitrogen and oxygen atoms in total. The van der Waals surface area contributed by atoms with Crippen LogP contribution < -0.4 is 5.32 Å². The van der Waals surface area contributed by atoms with Crippen molar-refractivity contribution in [3.05, 3.63) is 46.7 Å². The van der Waals surface area contributed by atoms with Gasteiger partial charge in [0, 0.05) is 44.7 Å². The molecular formula is C20H24ClN5O2. The fraction of sp³-hybridized carbons (Fsp3) is 0.450. The van der Waals surface area contributed by atoms with E-state index in [1.807, 2.05) is 17.0 Å². The Hall–Kier alpha value is -2.38. The molecule has 3 heterocycles. The van der Waals surface area contributed by atoms with Crippen molar-refractivity contribution in [2.75, 3.05) is 31.5 Å². The first-order valence-electron chi connectivity index (χ1n) is 9.47. The van der Waals surface area contributed by atoms with Gasteiger partial charge < -0.3 is 10.2 Å². The third kappa shape index (κ3) is 4.05. The Morgan fingerprint density at radius 1 is 1.18 bits per heavy atom. The summed E-state index contributed by atoms with van der Waals surface area (Å²) < 4.78 is 1.30. The molecule has 148 valence electrons. The molecule has 2 aromatic rings. The van der Waals surface area contributed by atoms with Gasteiger partial charge in [-0.05, 0) is 42.0 Å². The number of anilines is 1. The molecule has 0 saturated carbocycles. The van der Waals surface area contributed by atoms with Gasteiger partial charge in [-0.2, -0.15) is 9.78 Å². The average Bonchev–Trinajstić information content (AvgIpc) is 3.27. The predicted octanol–water partition coefficient (Wildman–Crippen LogP) is 2.84. The van der Waals surface area contributed by atoms with Crippen molar-refractivity contribution in [2.45, 2.75) is 20.4 Å². The number of halogens is 1. The monoisotopic (exact) mass is 401 g/mol. The number of nitrogens with one attached hydrogen (secondary N) is 1. The van der Waals surface area contributed by atoms with Crippen LogP contribution in [-0.4, -0.2) is 57.7 Å². The lowest BCUT2D eigenvalue weighted by atomic mass is 10.0. The van der Waals surface area contributed by atoms with Gasteiger partial charge in [0.05, 0.1) is 18.1 Å². The first kappa shape index (κ1) is 19.0. The fourth-order valence-electron chi connectivity index (χ4n) is 4.38. The molecule has 2 fully saturated rings. The molecule has 2 saturated heterocycles. The number of hydrogen-bond donors (Lipinski definition) is 1. The maximum absolute atomic E-state index is 12.7. The van der Waals surface area contributed by atoms with Crippen molar-refractivity contribution in [1.82, 2.24) is 19.6 Å². The lowest BCUT2D eigenvalue weighted by molar-refractivity contribution is -0.114. The summed E-state index contributed by atoms with van der Waals surface area (Å²) >= 11 is 6.18. The van der Waals surface area contributed by atoms with E-state index in [2.05, 4.69) is 28.3 Å². The molecule has 0 spiro atoms. The molecular weight excluding hydrogens is 378 g/mol. The normalized spacial score (nSPS) is 21.8. The molecule has 1 aromatic heterocycles. The molecule has 1 aromatic carbocycles. The minimum Gasteiger partial charge on any atom is -0.324 e. The van der Waals surface area contributed by atoms with Crippen molar-refractivity contribution in [2.24, 2.45) is 11.8 Å². The zero-order valence-electron chi connectivity index (χ0n) is 16.1. The van der Waals surface area contributed by atoms with Crippen LogP contribution in [0, 0.1) is 18.8 Å². The van der Waals surface area contributed by atoms with Crippen molar-refractivity contribution in [3.63, 3.8) is 0 Å². The molecule has 0 bridgehead atoms. The van der Waals surface area contributed by atoms with Gasteiger partial charge in [0.1, 0.15) is 0 Å². The van der Waals surface area contributed by atoms with E-state index < -0.39 is 0 Å². The predicted molar refractivity (Wildman–Crippen MR) is 107 cm³/mol. The largest absolute Gasteiger partial charge is 0.344 e. The van der Waals surface area contributed by atoms with Crippen LogP contribution in [0.2, 0.25) is 5.02 Å². The highest BCUT2D eigenvalue weighted by Gasteiger charge is 2.41. The first-order valence-corrected chi connectivity index (χ1v) is 9.85. The number of carbonyl (C=O) groups is 2. The molecule has 8 heteroatoms. The summed E-state index contributed by atoms with van der Waals surface area (Å²) in [5, 5.41) is 7.50. The van der Waals surface area contributed by atoms with Crippen LogP contribution >= 0.6 is 11.6 Å². The third-order valence-corrected chi connectivity index (χ3v) is 5.66. The van der Waals surface area contributed by atoms with Gasteiger partial charge in [-0.3, -0.25) is 9.69 Å². The van der Waals surface area contributed by atoms with Gasteiger partial charge in [-0.15, -0.1) is 0 Å². The van der Waals surface area contributed by atoms with Crippen LogP contribution in [0.4, 0.5) is 10.5 Å². The smallest absolute Gasteiger partial charge is 0.324 e. The Morgan fingerprint density at radius 3 is 2.54 bits per heavy atom. The number of fused-ring (bicyclic) bond motifs is 1. The number of likely N-dealkylation sites (tertiary alicyclic amines) is 2. The molecule has 0 radical (unpaired) electrons. The molecule has 4 rings (SSSR count). The van der Waals surface area contributed by atoms with Crippen molar-refractivity contribution in [1.29, 1.82) is 0 Å². The summed E-state index contributed by atoms with van der Waals surface area (Å²) in [4.78, 5) is 28.1. The van der Waals surface area contributed by atoms with Crippen molar-refractivity contribution >= 4 is 29.2 Å². The van der Waals surface area contributed by atoms with E-state index in [0.29, 0.717) is 17.5 Å². The summed E-state index contributed by atoms with van der Waals surface area (Å²) in [5.41, 5.74) is 2.94. The van der Waals surface area contributed by atoms with Gasteiger partial charge >= 0.3 is 6.03 Å². The minimum absolute atomic E-state index is 0.136. The maximum Gasteiger partial charge on any atom is 0.344 e. The van der Waals surface area contributed by atoms with E-state index in [0.717, 1.165) is 37.7 Å². The van der Waals surface area contributed by atoms with Gasteiger partial charge in [0.15, 0.2) is 0 Å². The summed E-state index contributed by atoms with van der Waals surface area (Å²) in [6.45, 7) is 7.82. The number of aryl methyl sites for hydroxylation is 1. The van der Waals surface area contributed by atoms with E-state index in [1.165, 1.54) is 28.9 Å². The highest BCUT2D eigenvalue weighted by atomic mass is 35.5. The molecule has 28 heavy (non-hydrogen) atoms. The highest BCUT2D eigenvalue weighted by Crippen LogP contribution is 2.32. The fourth-order valence-corrected chi connectivity index (χ4v) is 4.69. The third-order valence-electron chi connectivity index (χ3n) is 5.44. The maximum atomic E-state index is 12.7. The topological polar surface area (TPSA) is 70.5 Å². The number of amides is 2. The van der Waals surface area contributed by atoms with Crippen LogP contribution in [0.3, 0.4) is 0 Å². The molecule has 2 amide bonds. The highest BCUT2D eigenvalue weighted by molar-refractivity contribution is 6.30. The number of carbonyl (C=O) groups excluding carboxylic acids is 2. The second-order valence-electron chi connectivity index (χ2n) is 7.89. The Labute approximate surface area is 169 Å². The number of aromatic nitrogens is 2. The zero-order chi connectivity index (χ0) is 19.8. The number of rotatable bonds is 3. The quantitative estimate of drug-likeness (QED) is 0.858. The number of benzene rings is 1. The standard InChI is InChI=1S/C20H24ClN5O2/c1-13-3-15(5-18(21)4-13)7-24-8-16-10-25(11-17(16)9-24)20(28)26-12-19(6-22-26)23-14(2)27/h3-6,12,16-17H,7-11H2,1-2H3,(H,23,27). The Balaban J connectivity index is 1.34. The van der Waals surface area contributed by atoms with E-state index in [4.69, 9.17) is 11.6 Å². The second kappa shape index (κ2) is 7.56. The Kier molecular flexibility index (Phi) is 5.12. The van der Waals surface area contributed by atoms with E-state index in [9.17, 15) is 9.59 Å². The number of nitrogens with zero attached hydrogens (tertiary/aromatic N) is 4. The second-order valence-corrected chi connectivity index (χ2v) is 8.33. The molecule has 2 aliphatic rings. The Morgan fingerprint density at radius 2 is 1.89 bits per heavy atom. The van der Waals surface area contributed by atoms with Gasteiger partial charge in [-0.25, -0.2) is 4.79 Å². The van der Waals surface area contributed by atoms with Crippen LogP contribution in [0.1, 0.15) is 18.1 Å². The Bertz CT molecular complexity index is 878. The zero-order valence-corrected chi connectivity index (χ0v) is 16.8. The molecule has 2 aliphatic heterocycles. The number of hydrogen-bond acceptors (Lipinski definition) is 4. The summed E-state index contributed by atoms with van der Waals surface area (Å²) in [6, 6.07) is 6.05. The van der Waals surface area contributed by atoms with E-state index in [-0.39, 0.29) is 11.9 Å². The molecule has 2 atom stereocenters. The van der Waals surface area contributed by atoms with Crippen LogP contribution in [0.25, 0.3) is 0 Å². The summed E-state index contributed by atoms with van der Waals surface area (Å²) in [6.07, 6.45) is 3.05. The van der Waals surface area contributed by atoms with Crippen LogP contribution in [0.5, 0.6) is 0 Å². The van der Waals surface area contributed by atoms with E-state index in [1.54, 1.807) is 6.20 Å².